The Morgan fingerprint density at radius 3 is 3.05 bits per heavy atom. The van der Waals surface area contributed by atoms with Gasteiger partial charge in [-0.15, -0.1) is 0 Å². The SMILES string of the molecule is CCOC(=O)[C@@H]1CCCN(C(=O)c2ncccc2Br)C1. The summed E-state index contributed by atoms with van der Waals surface area (Å²) in [6.45, 7) is 3.21. The molecular weight excluding hydrogens is 324 g/mol. The first-order valence-corrected chi connectivity index (χ1v) is 7.49. The molecule has 20 heavy (non-hydrogen) atoms. The number of ether oxygens (including phenoxy) is 1. The van der Waals surface area contributed by atoms with E-state index in [1.54, 1.807) is 30.2 Å². The van der Waals surface area contributed by atoms with Crippen LogP contribution in [0.25, 0.3) is 0 Å². The van der Waals surface area contributed by atoms with Gasteiger partial charge in [0.1, 0.15) is 5.69 Å². The van der Waals surface area contributed by atoms with Gasteiger partial charge in [0, 0.05) is 23.8 Å². The van der Waals surface area contributed by atoms with E-state index in [0.717, 1.165) is 12.8 Å². The maximum Gasteiger partial charge on any atom is 0.310 e. The van der Waals surface area contributed by atoms with Crippen molar-refractivity contribution in [2.24, 2.45) is 5.92 Å². The van der Waals surface area contributed by atoms with Gasteiger partial charge in [-0.05, 0) is 47.8 Å². The number of hydrogen-bond donors (Lipinski definition) is 0. The zero-order valence-electron chi connectivity index (χ0n) is 11.3. The van der Waals surface area contributed by atoms with Crippen molar-refractivity contribution in [3.05, 3.63) is 28.5 Å². The van der Waals surface area contributed by atoms with Crippen LogP contribution in [0, 0.1) is 5.92 Å². The van der Waals surface area contributed by atoms with Crippen LogP contribution in [0.1, 0.15) is 30.3 Å². The molecule has 1 fully saturated rings. The number of rotatable bonds is 3. The number of hydrogen-bond acceptors (Lipinski definition) is 4. The number of carbonyl (C=O) groups is 2. The molecule has 1 aliphatic heterocycles. The second-order valence-electron chi connectivity index (χ2n) is 4.68. The number of carbonyl (C=O) groups excluding carboxylic acids is 2. The standard InChI is InChI=1S/C14H17BrN2O3/c1-2-20-14(19)10-5-4-8-17(9-10)13(18)12-11(15)6-3-7-16-12/h3,6-7,10H,2,4-5,8-9H2,1H3/t10-/m1/s1. The lowest BCUT2D eigenvalue weighted by molar-refractivity contribution is -0.149. The van der Waals surface area contributed by atoms with Gasteiger partial charge < -0.3 is 9.64 Å². The average molecular weight is 341 g/mol. The second kappa shape index (κ2) is 6.83. The third-order valence-electron chi connectivity index (χ3n) is 3.29. The Labute approximate surface area is 126 Å². The van der Waals surface area contributed by atoms with E-state index < -0.39 is 0 Å². The van der Waals surface area contributed by atoms with Gasteiger partial charge in [-0.3, -0.25) is 9.59 Å². The Hall–Kier alpha value is -1.43. The van der Waals surface area contributed by atoms with Crippen LogP contribution in [0.3, 0.4) is 0 Å². The minimum Gasteiger partial charge on any atom is -0.466 e. The summed E-state index contributed by atoms with van der Waals surface area (Å²) in [5.74, 6) is -0.591. The third-order valence-corrected chi connectivity index (χ3v) is 3.93. The highest BCUT2D eigenvalue weighted by Crippen LogP contribution is 2.22. The molecule has 6 heteroatoms. The molecule has 5 nitrogen and oxygen atoms in total. The normalized spacial score (nSPS) is 18.7. The van der Waals surface area contributed by atoms with E-state index >= 15 is 0 Å². The minimum absolute atomic E-state index is 0.147. The van der Waals surface area contributed by atoms with Gasteiger partial charge in [0.15, 0.2) is 0 Å². The summed E-state index contributed by atoms with van der Waals surface area (Å²) in [6, 6.07) is 3.55. The van der Waals surface area contributed by atoms with Crippen molar-refractivity contribution in [3.63, 3.8) is 0 Å². The van der Waals surface area contributed by atoms with E-state index in [4.69, 9.17) is 4.74 Å². The molecule has 0 unspecified atom stereocenters. The number of nitrogens with zero attached hydrogens (tertiary/aromatic N) is 2. The van der Waals surface area contributed by atoms with Crippen LogP contribution < -0.4 is 0 Å². The third kappa shape index (κ3) is 3.36. The summed E-state index contributed by atoms with van der Waals surface area (Å²) in [5.41, 5.74) is 0.386. The molecule has 1 atom stereocenters. The fraction of sp³-hybridized carbons (Fsp3) is 0.500. The predicted molar refractivity (Wildman–Crippen MR) is 77.2 cm³/mol. The summed E-state index contributed by atoms with van der Waals surface area (Å²) in [4.78, 5) is 30.0. The summed E-state index contributed by atoms with van der Waals surface area (Å²) >= 11 is 3.33. The minimum atomic E-state index is -0.227. The van der Waals surface area contributed by atoms with Gasteiger partial charge in [0.25, 0.3) is 5.91 Å². The van der Waals surface area contributed by atoms with Crippen LogP contribution in [-0.4, -0.2) is 41.5 Å². The van der Waals surface area contributed by atoms with Crippen LogP contribution in [0.15, 0.2) is 22.8 Å². The predicted octanol–water partition coefficient (Wildman–Crippen LogP) is 2.26. The lowest BCUT2D eigenvalue weighted by atomic mass is 9.98. The number of halogens is 1. The largest absolute Gasteiger partial charge is 0.466 e. The van der Waals surface area contributed by atoms with Crippen LogP contribution in [0.2, 0.25) is 0 Å². The van der Waals surface area contributed by atoms with E-state index in [-0.39, 0.29) is 17.8 Å². The molecule has 0 spiro atoms. The first-order valence-electron chi connectivity index (χ1n) is 6.70. The molecule has 1 aromatic heterocycles. The highest BCUT2D eigenvalue weighted by molar-refractivity contribution is 9.10. The lowest BCUT2D eigenvalue weighted by Crippen LogP contribution is -2.43. The van der Waals surface area contributed by atoms with Crippen LogP contribution >= 0.6 is 15.9 Å². The van der Waals surface area contributed by atoms with Gasteiger partial charge in [-0.2, -0.15) is 0 Å². The number of esters is 1. The molecule has 0 N–H and O–H groups in total. The zero-order chi connectivity index (χ0) is 14.5. The van der Waals surface area contributed by atoms with Crippen molar-refractivity contribution >= 4 is 27.8 Å². The van der Waals surface area contributed by atoms with E-state index in [2.05, 4.69) is 20.9 Å². The topological polar surface area (TPSA) is 59.5 Å². The van der Waals surface area contributed by atoms with Gasteiger partial charge in [0.05, 0.1) is 12.5 Å². The second-order valence-corrected chi connectivity index (χ2v) is 5.53. The maximum atomic E-state index is 12.4. The number of aromatic nitrogens is 1. The Morgan fingerprint density at radius 2 is 2.35 bits per heavy atom. The number of amides is 1. The van der Waals surface area contributed by atoms with E-state index in [9.17, 15) is 9.59 Å². The summed E-state index contributed by atoms with van der Waals surface area (Å²) in [6.07, 6.45) is 3.16. The van der Waals surface area contributed by atoms with Crippen molar-refractivity contribution < 1.29 is 14.3 Å². The molecule has 108 valence electrons. The fourth-order valence-electron chi connectivity index (χ4n) is 2.31. The van der Waals surface area contributed by atoms with Crippen LogP contribution in [0.5, 0.6) is 0 Å². The molecule has 0 aliphatic carbocycles. The molecule has 2 rings (SSSR count). The summed E-state index contributed by atoms with van der Waals surface area (Å²) in [7, 11) is 0. The molecule has 1 aromatic rings. The molecular formula is C14H17BrN2O3. The average Bonchev–Trinajstić information content (AvgIpc) is 2.47. The first-order chi connectivity index (χ1) is 9.63. The van der Waals surface area contributed by atoms with Gasteiger partial charge in [0.2, 0.25) is 0 Å². The van der Waals surface area contributed by atoms with Crippen molar-refractivity contribution in [2.75, 3.05) is 19.7 Å². The fourth-order valence-corrected chi connectivity index (χ4v) is 2.73. The Morgan fingerprint density at radius 1 is 1.55 bits per heavy atom. The summed E-state index contributed by atoms with van der Waals surface area (Å²) in [5, 5.41) is 0. The lowest BCUT2D eigenvalue weighted by Gasteiger charge is -2.31. The van der Waals surface area contributed by atoms with Gasteiger partial charge in [-0.1, -0.05) is 0 Å². The Bertz CT molecular complexity index is 507. The number of likely N-dealkylation sites (tertiary alicyclic amines) is 1. The molecule has 0 radical (unpaired) electrons. The Balaban J connectivity index is 2.07. The molecule has 0 bridgehead atoms. The number of piperidine rings is 1. The number of pyridine rings is 1. The van der Waals surface area contributed by atoms with E-state index in [1.807, 2.05) is 0 Å². The van der Waals surface area contributed by atoms with Gasteiger partial charge in [-0.25, -0.2) is 4.98 Å². The van der Waals surface area contributed by atoms with Crippen molar-refractivity contribution in [1.29, 1.82) is 0 Å². The Kier molecular flexibility index (Phi) is 5.11. The molecule has 0 saturated carbocycles. The maximum absolute atomic E-state index is 12.4. The quantitative estimate of drug-likeness (QED) is 0.792. The van der Waals surface area contributed by atoms with Gasteiger partial charge >= 0.3 is 5.97 Å². The molecule has 0 aromatic carbocycles. The monoisotopic (exact) mass is 340 g/mol. The summed E-state index contributed by atoms with van der Waals surface area (Å²) < 4.78 is 5.71. The molecule has 1 aliphatic rings. The first kappa shape index (κ1) is 15.0. The van der Waals surface area contributed by atoms with E-state index in [1.165, 1.54) is 0 Å². The molecule has 2 heterocycles. The van der Waals surface area contributed by atoms with Crippen molar-refractivity contribution in [2.45, 2.75) is 19.8 Å². The van der Waals surface area contributed by atoms with Crippen molar-refractivity contribution in [3.8, 4) is 0 Å². The van der Waals surface area contributed by atoms with Crippen LogP contribution in [0.4, 0.5) is 0 Å². The highest BCUT2D eigenvalue weighted by atomic mass is 79.9. The molecule has 1 amide bonds. The smallest absolute Gasteiger partial charge is 0.310 e. The molecule has 1 saturated heterocycles. The van der Waals surface area contributed by atoms with Crippen molar-refractivity contribution in [1.82, 2.24) is 9.88 Å². The highest BCUT2D eigenvalue weighted by Gasteiger charge is 2.30. The van der Waals surface area contributed by atoms with Crippen LogP contribution in [-0.2, 0) is 9.53 Å². The zero-order valence-corrected chi connectivity index (χ0v) is 12.9. The van der Waals surface area contributed by atoms with E-state index in [0.29, 0.717) is 29.9 Å².